The molecule has 11 heteroatoms. The Hall–Kier alpha value is -2.95. The first-order chi connectivity index (χ1) is 16.1. The van der Waals surface area contributed by atoms with Crippen molar-refractivity contribution >= 4 is 12.0 Å². The molecule has 0 spiro atoms. The van der Waals surface area contributed by atoms with Crippen molar-refractivity contribution in [3.05, 3.63) is 52.6 Å². The fourth-order valence-electron chi connectivity index (χ4n) is 4.46. The SMILES string of the molecule is CC[C@@H](NC(=O)N1CCc2cnc(N[C@H]3CC[C@H](O)C3)nc2C1)c1ccc(C(F)(F)F)c(F)c1. The molecule has 1 fully saturated rings. The molecule has 2 heterocycles. The molecule has 0 bridgehead atoms. The molecule has 2 aliphatic rings. The van der Waals surface area contributed by atoms with E-state index in [1.807, 2.05) is 0 Å². The molecule has 0 unspecified atom stereocenters. The number of rotatable bonds is 5. The van der Waals surface area contributed by atoms with Gasteiger partial charge in [-0.15, -0.1) is 0 Å². The lowest BCUT2D eigenvalue weighted by Crippen LogP contribution is -2.44. The van der Waals surface area contributed by atoms with E-state index in [4.69, 9.17) is 0 Å². The minimum Gasteiger partial charge on any atom is -0.393 e. The Morgan fingerprint density at radius 3 is 2.76 bits per heavy atom. The first kappa shape index (κ1) is 24.2. The maximum atomic E-state index is 14.0. The van der Waals surface area contributed by atoms with Crippen LogP contribution in [0.2, 0.25) is 0 Å². The second-order valence-corrected chi connectivity index (χ2v) is 8.79. The number of alkyl halides is 3. The normalized spacial score (nSPS) is 21.2. The monoisotopic (exact) mass is 481 g/mol. The summed E-state index contributed by atoms with van der Waals surface area (Å²) in [6.07, 6.45) is -0.206. The number of urea groups is 1. The number of anilines is 1. The second kappa shape index (κ2) is 9.73. The third-order valence-corrected chi connectivity index (χ3v) is 6.38. The van der Waals surface area contributed by atoms with Crippen LogP contribution in [-0.4, -0.2) is 44.7 Å². The van der Waals surface area contributed by atoms with Crippen LogP contribution in [-0.2, 0) is 19.1 Å². The lowest BCUT2D eigenvalue weighted by molar-refractivity contribution is -0.140. The van der Waals surface area contributed by atoms with Gasteiger partial charge in [-0.05, 0) is 55.4 Å². The van der Waals surface area contributed by atoms with Crippen molar-refractivity contribution < 1.29 is 27.5 Å². The number of aliphatic hydroxyl groups is 1. The van der Waals surface area contributed by atoms with E-state index in [0.29, 0.717) is 43.5 Å². The number of nitrogens with zero attached hydrogens (tertiary/aromatic N) is 3. The van der Waals surface area contributed by atoms with Crippen LogP contribution in [0, 0.1) is 5.82 Å². The maximum Gasteiger partial charge on any atom is 0.419 e. The van der Waals surface area contributed by atoms with Gasteiger partial charge in [-0.25, -0.2) is 19.2 Å². The molecule has 0 radical (unpaired) electrons. The van der Waals surface area contributed by atoms with E-state index in [2.05, 4.69) is 20.6 Å². The van der Waals surface area contributed by atoms with Crippen LogP contribution in [0.5, 0.6) is 0 Å². The van der Waals surface area contributed by atoms with Gasteiger partial charge < -0.3 is 20.6 Å². The van der Waals surface area contributed by atoms with Crippen LogP contribution in [0.3, 0.4) is 0 Å². The lowest BCUT2D eigenvalue weighted by Gasteiger charge is -2.30. The molecule has 3 atom stereocenters. The van der Waals surface area contributed by atoms with Crippen molar-refractivity contribution in [1.29, 1.82) is 0 Å². The summed E-state index contributed by atoms with van der Waals surface area (Å²) < 4.78 is 52.6. The first-order valence-electron chi connectivity index (χ1n) is 11.4. The highest BCUT2D eigenvalue weighted by molar-refractivity contribution is 5.75. The van der Waals surface area contributed by atoms with E-state index in [1.165, 1.54) is 6.07 Å². The smallest absolute Gasteiger partial charge is 0.393 e. The molecule has 7 nitrogen and oxygen atoms in total. The fraction of sp³-hybridized carbons (Fsp3) is 0.522. The number of halogens is 4. The minimum atomic E-state index is -4.78. The summed E-state index contributed by atoms with van der Waals surface area (Å²) in [4.78, 5) is 23.4. The van der Waals surface area contributed by atoms with Crippen molar-refractivity contribution in [2.45, 2.75) is 69.9 Å². The predicted octanol–water partition coefficient (Wildman–Crippen LogP) is 4.18. The van der Waals surface area contributed by atoms with Gasteiger partial charge in [-0.2, -0.15) is 13.2 Å². The number of amides is 2. The molecule has 3 N–H and O–H groups in total. The summed E-state index contributed by atoms with van der Waals surface area (Å²) >= 11 is 0. The average Bonchev–Trinajstić information content (AvgIpc) is 3.20. The van der Waals surface area contributed by atoms with E-state index in [9.17, 15) is 27.5 Å². The van der Waals surface area contributed by atoms with E-state index in [-0.39, 0.29) is 24.3 Å². The Labute approximate surface area is 194 Å². The third kappa shape index (κ3) is 5.40. The van der Waals surface area contributed by atoms with Gasteiger partial charge in [0, 0.05) is 18.8 Å². The largest absolute Gasteiger partial charge is 0.419 e. The van der Waals surface area contributed by atoms with Crippen molar-refractivity contribution in [3.63, 3.8) is 0 Å². The molecule has 1 aliphatic heterocycles. The van der Waals surface area contributed by atoms with Crippen molar-refractivity contribution in [1.82, 2.24) is 20.2 Å². The Balaban J connectivity index is 1.42. The Kier molecular flexibility index (Phi) is 6.92. The van der Waals surface area contributed by atoms with Gasteiger partial charge in [0.25, 0.3) is 0 Å². The Morgan fingerprint density at radius 2 is 2.12 bits per heavy atom. The third-order valence-electron chi connectivity index (χ3n) is 6.38. The number of carbonyl (C=O) groups is 1. The summed E-state index contributed by atoms with van der Waals surface area (Å²) in [7, 11) is 0. The number of aromatic nitrogens is 2. The summed E-state index contributed by atoms with van der Waals surface area (Å²) in [6, 6.07) is 1.79. The highest BCUT2D eigenvalue weighted by Crippen LogP contribution is 2.33. The molecule has 1 aliphatic carbocycles. The van der Waals surface area contributed by atoms with E-state index < -0.39 is 29.6 Å². The zero-order valence-corrected chi connectivity index (χ0v) is 18.7. The summed E-state index contributed by atoms with van der Waals surface area (Å²) in [5, 5.41) is 15.7. The lowest BCUT2D eigenvalue weighted by atomic mass is 10.0. The number of nitrogens with one attached hydrogen (secondary N) is 2. The molecule has 1 saturated carbocycles. The van der Waals surface area contributed by atoms with Crippen LogP contribution < -0.4 is 10.6 Å². The van der Waals surface area contributed by atoms with Gasteiger partial charge in [0.2, 0.25) is 5.95 Å². The molecule has 1 aromatic heterocycles. The minimum absolute atomic E-state index is 0.102. The van der Waals surface area contributed by atoms with Gasteiger partial charge in [-0.1, -0.05) is 13.0 Å². The number of hydrogen-bond acceptors (Lipinski definition) is 5. The highest BCUT2D eigenvalue weighted by atomic mass is 19.4. The van der Waals surface area contributed by atoms with Crippen LogP contribution in [0.4, 0.5) is 28.3 Å². The van der Waals surface area contributed by atoms with Crippen LogP contribution in [0.15, 0.2) is 24.4 Å². The highest BCUT2D eigenvalue weighted by Gasteiger charge is 2.34. The van der Waals surface area contributed by atoms with Gasteiger partial charge in [0.1, 0.15) is 5.82 Å². The fourth-order valence-corrected chi connectivity index (χ4v) is 4.46. The number of benzene rings is 1. The van der Waals surface area contributed by atoms with Crippen LogP contribution in [0.1, 0.15) is 61.0 Å². The molecule has 2 amide bonds. The summed E-state index contributed by atoms with van der Waals surface area (Å²) in [5.74, 6) is -0.914. The molecular formula is C23H27F4N5O2. The van der Waals surface area contributed by atoms with Crippen LogP contribution in [0.25, 0.3) is 0 Å². The first-order valence-corrected chi connectivity index (χ1v) is 11.4. The standard InChI is InChI=1S/C23H27F4N5O2/c1-2-19(13-3-6-17(18(24)9-13)23(25,26)27)31-22(34)32-8-7-14-11-28-21(30-20(14)12-32)29-15-4-5-16(33)10-15/h3,6,9,11,15-16,19,33H,2,4-5,7-8,10,12H2,1H3,(H,31,34)(H,28,29,30)/t15-,16-,19+/m0/s1. The Morgan fingerprint density at radius 1 is 1.32 bits per heavy atom. The predicted molar refractivity (Wildman–Crippen MR) is 116 cm³/mol. The number of aliphatic hydroxyl groups excluding tert-OH is 1. The van der Waals surface area contributed by atoms with E-state index >= 15 is 0 Å². The molecule has 0 saturated heterocycles. The Bertz CT molecular complexity index is 1050. The quantitative estimate of drug-likeness (QED) is 0.558. The van der Waals surface area contributed by atoms with Crippen LogP contribution >= 0.6 is 0 Å². The molecule has 1 aromatic carbocycles. The molecule has 34 heavy (non-hydrogen) atoms. The molecular weight excluding hydrogens is 454 g/mol. The van der Waals surface area contributed by atoms with Gasteiger partial charge >= 0.3 is 12.2 Å². The van der Waals surface area contributed by atoms with E-state index in [1.54, 1.807) is 18.0 Å². The molecule has 4 rings (SSSR count). The topological polar surface area (TPSA) is 90.4 Å². The van der Waals surface area contributed by atoms with Gasteiger partial charge in [0.05, 0.1) is 29.9 Å². The second-order valence-electron chi connectivity index (χ2n) is 8.79. The zero-order chi connectivity index (χ0) is 24.5. The molecule has 184 valence electrons. The number of fused-ring (bicyclic) bond motifs is 1. The maximum absolute atomic E-state index is 14.0. The van der Waals surface area contributed by atoms with Crippen molar-refractivity contribution in [2.75, 3.05) is 11.9 Å². The average molecular weight is 481 g/mol. The summed E-state index contributed by atoms with van der Waals surface area (Å²) in [5.41, 5.74) is 0.594. The summed E-state index contributed by atoms with van der Waals surface area (Å²) in [6.45, 7) is 2.45. The number of hydrogen-bond donors (Lipinski definition) is 3. The van der Waals surface area contributed by atoms with Crippen molar-refractivity contribution in [2.24, 2.45) is 0 Å². The van der Waals surface area contributed by atoms with E-state index in [0.717, 1.165) is 24.5 Å². The van der Waals surface area contributed by atoms with Gasteiger partial charge in [-0.3, -0.25) is 0 Å². The van der Waals surface area contributed by atoms with Gasteiger partial charge in [0.15, 0.2) is 0 Å². The molecule has 2 aromatic rings. The van der Waals surface area contributed by atoms with Crippen molar-refractivity contribution in [3.8, 4) is 0 Å². The number of carbonyl (C=O) groups excluding carboxylic acids is 1. The zero-order valence-electron chi connectivity index (χ0n) is 18.7.